The maximum Gasteiger partial charge on any atom is 0.0249 e. The molecule has 2 atom stereocenters. The van der Waals surface area contributed by atoms with Crippen molar-refractivity contribution in [1.82, 2.24) is 10.2 Å². The molecule has 1 aliphatic heterocycles. The molecular formula is C11H22N2. The molecular weight excluding hydrogens is 160 g/mol. The van der Waals surface area contributed by atoms with Gasteiger partial charge in [-0.15, -0.1) is 0 Å². The van der Waals surface area contributed by atoms with Gasteiger partial charge in [0.05, 0.1) is 0 Å². The number of piperazine rings is 1. The molecule has 0 amide bonds. The summed E-state index contributed by atoms with van der Waals surface area (Å²) in [5.41, 5.74) is 0. The van der Waals surface area contributed by atoms with E-state index in [1.807, 2.05) is 0 Å². The van der Waals surface area contributed by atoms with Crippen LogP contribution in [-0.4, -0.2) is 36.6 Å². The van der Waals surface area contributed by atoms with Crippen LogP contribution in [0.25, 0.3) is 0 Å². The van der Waals surface area contributed by atoms with Gasteiger partial charge >= 0.3 is 0 Å². The molecule has 0 spiro atoms. The molecule has 0 radical (unpaired) electrons. The van der Waals surface area contributed by atoms with E-state index in [9.17, 15) is 0 Å². The second-order valence-corrected chi connectivity index (χ2v) is 4.45. The van der Waals surface area contributed by atoms with Crippen LogP contribution in [0.5, 0.6) is 0 Å². The highest BCUT2D eigenvalue weighted by molar-refractivity contribution is 4.91. The molecule has 1 aliphatic carbocycles. The zero-order chi connectivity index (χ0) is 9.10. The number of hydrogen-bond donors (Lipinski definition) is 1. The standard InChI is InChI=1S/C11H22N2/c1-2-8-13-9-7-12-10-5-3-4-6-11(10)13/h10-12H,2-9H2,1H3. The molecule has 1 saturated carbocycles. The van der Waals surface area contributed by atoms with Gasteiger partial charge in [-0.25, -0.2) is 0 Å². The van der Waals surface area contributed by atoms with E-state index >= 15 is 0 Å². The molecule has 2 unspecified atom stereocenters. The topological polar surface area (TPSA) is 15.3 Å². The van der Waals surface area contributed by atoms with Crippen molar-refractivity contribution in [3.63, 3.8) is 0 Å². The maximum absolute atomic E-state index is 3.67. The van der Waals surface area contributed by atoms with E-state index in [4.69, 9.17) is 0 Å². The Morgan fingerprint density at radius 2 is 2.15 bits per heavy atom. The average Bonchev–Trinajstić information content (AvgIpc) is 2.19. The van der Waals surface area contributed by atoms with Crippen LogP contribution in [0.15, 0.2) is 0 Å². The van der Waals surface area contributed by atoms with E-state index < -0.39 is 0 Å². The van der Waals surface area contributed by atoms with Crippen LogP contribution in [0.4, 0.5) is 0 Å². The lowest BCUT2D eigenvalue weighted by molar-refractivity contribution is 0.0883. The molecule has 1 N–H and O–H groups in total. The summed E-state index contributed by atoms with van der Waals surface area (Å²) in [6.45, 7) is 6.08. The lowest BCUT2D eigenvalue weighted by Crippen LogP contribution is -2.58. The van der Waals surface area contributed by atoms with Crippen LogP contribution in [0.3, 0.4) is 0 Å². The molecule has 2 rings (SSSR count). The third-order valence-corrected chi connectivity index (χ3v) is 3.51. The zero-order valence-electron chi connectivity index (χ0n) is 8.76. The quantitative estimate of drug-likeness (QED) is 0.698. The molecule has 0 aromatic rings. The molecule has 2 heteroatoms. The third kappa shape index (κ3) is 2.05. The minimum atomic E-state index is 0.814. The molecule has 2 aliphatic rings. The van der Waals surface area contributed by atoms with Crippen LogP contribution < -0.4 is 5.32 Å². The Bertz CT molecular complexity index is 154. The minimum Gasteiger partial charge on any atom is -0.311 e. The molecule has 2 nitrogen and oxygen atoms in total. The van der Waals surface area contributed by atoms with Gasteiger partial charge in [0.15, 0.2) is 0 Å². The number of fused-ring (bicyclic) bond motifs is 1. The average molecular weight is 182 g/mol. The lowest BCUT2D eigenvalue weighted by Gasteiger charge is -2.44. The van der Waals surface area contributed by atoms with Crippen LogP contribution in [-0.2, 0) is 0 Å². The van der Waals surface area contributed by atoms with E-state index in [0.717, 1.165) is 12.1 Å². The number of nitrogens with zero attached hydrogens (tertiary/aromatic N) is 1. The molecule has 76 valence electrons. The van der Waals surface area contributed by atoms with Crippen molar-refractivity contribution in [2.75, 3.05) is 19.6 Å². The van der Waals surface area contributed by atoms with Crippen molar-refractivity contribution >= 4 is 0 Å². The predicted molar refractivity (Wildman–Crippen MR) is 55.9 cm³/mol. The van der Waals surface area contributed by atoms with E-state index in [2.05, 4.69) is 17.1 Å². The van der Waals surface area contributed by atoms with Gasteiger partial charge in [0.25, 0.3) is 0 Å². The fourth-order valence-electron chi connectivity index (χ4n) is 2.91. The van der Waals surface area contributed by atoms with Crippen LogP contribution in [0.2, 0.25) is 0 Å². The van der Waals surface area contributed by atoms with Crippen molar-refractivity contribution in [2.24, 2.45) is 0 Å². The van der Waals surface area contributed by atoms with E-state index in [-0.39, 0.29) is 0 Å². The van der Waals surface area contributed by atoms with Crippen molar-refractivity contribution in [3.05, 3.63) is 0 Å². The summed E-state index contributed by atoms with van der Waals surface area (Å²) in [6.07, 6.45) is 7.03. The highest BCUT2D eigenvalue weighted by Crippen LogP contribution is 2.25. The van der Waals surface area contributed by atoms with Gasteiger partial charge in [-0.05, 0) is 25.8 Å². The van der Waals surface area contributed by atoms with Gasteiger partial charge in [0.2, 0.25) is 0 Å². The van der Waals surface area contributed by atoms with Crippen molar-refractivity contribution in [1.29, 1.82) is 0 Å². The van der Waals surface area contributed by atoms with Gasteiger partial charge < -0.3 is 5.32 Å². The van der Waals surface area contributed by atoms with Gasteiger partial charge in [0.1, 0.15) is 0 Å². The maximum atomic E-state index is 3.67. The molecule has 2 fully saturated rings. The Morgan fingerprint density at radius 3 is 3.00 bits per heavy atom. The first-order valence-electron chi connectivity index (χ1n) is 5.89. The van der Waals surface area contributed by atoms with Gasteiger partial charge in [0, 0.05) is 25.2 Å². The highest BCUT2D eigenvalue weighted by atomic mass is 15.2. The third-order valence-electron chi connectivity index (χ3n) is 3.51. The summed E-state index contributed by atoms with van der Waals surface area (Å²) in [5, 5.41) is 3.67. The second kappa shape index (κ2) is 4.43. The Labute approximate surface area is 81.7 Å². The number of hydrogen-bond acceptors (Lipinski definition) is 2. The summed E-state index contributed by atoms with van der Waals surface area (Å²) >= 11 is 0. The fourth-order valence-corrected chi connectivity index (χ4v) is 2.91. The Morgan fingerprint density at radius 1 is 1.31 bits per heavy atom. The van der Waals surface area contributed by atoms with Gasteiger partial charge in [-0.2, -0.15) is 0 Å². The summed E-state index contributed by atoms with van der Waals surface area (Å²) in [7, 11) is 0. The molecule has 0 aromatic carbocycles. The van der Waals surface area contributed by atoms with Crippen LogP contribution in [0.1, 0.15) is 39.0 Å². The molecule has 0 aromatic heterocycles. The van der Waals surface area contributed by atoms with Crippen molar-refractivity contribution in [2.45, 2.75) is 51.1 Å². The SMILES string of the molecule is CCCN1CCNC2CCCCC21. The second-order valence-electron chi connectivity index (χ2n) is 4.45. The predicted octanol–water partition coefficient (Wildman–Crippen LogP) is 1.61. The first-order chi connectivity index (χ1) is 6.42. The largest absolute Gasteiger partial charge is 0.311 e. The normalized spacial score (nSPS) is 35.8. The highest BCUT2D eigenvalue weighted by Gasteiger charge is 2.31. The van der Waals surface area contributed by atoms with Crippen molar-refractivity contribution < 1.29 is 0 Å². The Hall–Kier alpha value is -0.0800. The smallest absolute Gasteiger partial charge is 0.0249 e. The molecule has 0 bridgehead atoms. The number of nitrogens with one attached hydrogen (secondary N) is 1. The zero-order valence-corrected chi connectivity index (χ0v) is 8.76. The van der Waals surface area contributed by atoms with E-state index in [1.165, 1.54) is 51.7 Å². The summed E-state index contributed by atoms with van der Waals surface area (Å²) < 4.78 is 0. The van der Waals surface area contributed by atoms with Gasteiger partial charge in [-0.1, -0.05) is 19.8 Å². The van der Waals surface area contributed by atoms with Crippen molar-refractivity contribution in [3.8, 4) is 0 Å². The molecule has 1 saturated heterocycles. The van der Waals surface area contributed by atoms with Crippen LogP contribution >= 0.6 is 0 Å². The molecule has 13 heavy (non-hydrogen) atoms. The van der Waals surface area contributed by atoms with E-state index in [0.29, 0.717) is 0 Å². The number of rotatable bonds is 2. The Kier molecular flexibility index (Phi) is 3.23. The summed E-state index contributed by atoms with van der Waals surface area (Å²) in [5.74, 6) is 0. The monoisotopic (exact) mass is 182 g/mol. The fraction of sp³-hybridized carbons (Fsp3) is 1.00. The van der Waals surface area contributed by atoms with E-state index in [1.54, 1.807) is 0 Å². The van der Waals surface area contributed by atoms with Gasteiger partial charge in [-0.3, -0.25) is 4.90 Å². The Balaban J connectivity index is 1.94. The van der Waals surface area contributed by atoms with Crippen LogP contribution in [0, 0.1) is 0 Å². The minimum absolute atomic E-state index is 0.814. The summed E-state index contributed by atoms with van der Waals surface area (Å²) in [6, 6.07) is 1.68. The first kappa shape index (κ1) is 9.47. The lowest BCUT2D eigenvalue weighted by atomic mass is 9.87. The first-order valence-corrected chi connectivity index (χ1v) is 5.89. The molecule has 1 heterocycles. The summed E-state index contributed by atoms with van der Waals surface area (Å²) in [4.78, 5) is 2.71.